The fourth-order valence-electron chi connectivity index (χ4n) is 2.11. The summed E-state index contributed by atoms with van der Waals surface area (Å²) in [6.45, 7) is 3.45. The highest BCUT2D eigenvalue weighted by molar-refractivity contribution is 7.89. The molecule has 0 saturated carbocycles. The highest BCUT2D eigenvalue weighted by Crippen LogP contribution is 2.07. The molecular weight excluding hydrogens is 330 g/mol. The van der Waals surface area contributed by atoms with Crippen molar-refractivity contribution in [2.24, 2.45) is 7.05 Å². The highest BCUT2D eigenvalue weighted by Gasteiger charge is 2.20. The Morgan fingerprint density at radius 3 is 2.82 bits per heavy atom. The van der Waals surface area contributed by atoms with Gasteiger partial charge in [0.2, 0.25) is 5.91 Å². The van der Waals surface area contributed by atoms with Crippen LogP contribution in [0.3, 0.4) is 0 Å². The first-order valence-corrected chi connectivity index (χ1v) is 8.36. The van der Waals surface area contributed by atoms with Crippen molar-refractivity contribution in [2.75, 3.05) is 19.6 Å². The topological polar surface area (TPSA) is 105 Å². The summed E-state index contributed by atoms with van der Waals surface area (Å²) < 4.78 is 28.0. The van der Waals surface area contributed by atoms with Crippen LogP contribution in [0.25, 0.3) is 0 Å². The van der Waals surface area contributed by atoms with Crippen LogP contribution in [-0.2, 0) is 21.9 Å². The number of carbonyl (C=O) groups is 1. The lowest BCUT2D eigenvalue weighted by Crippen LogP contribution is -2.38. The van der Waals surface area contributed by atoms with E-state index in [2.05, 4.69) is 20.3 Å². The second-order valence-electron chi connectivity index (χ2n) is 5.14. The van der Waals surface area contributed by atoms with E-state index in [1.165, 1.54) is 6.20 Å². The van der Waals surface area contributed by atoms with E-state index in [4.69, 9.17) is 0 Å². The largest absolute Gasteiger partial charge is 0.352 e. The van der Waals surface area contributed by atoms with Gasteiger partial charge in [-0.05, 0) is 19.9 Å². The molecule has 0 radical (unpaired) electrons. The molecule has 0 aromatic carbocycles. The molecule has 1 unspecified atom stereocenters. The number of rotatable bonds is 6. The SMILES string of the molecule is Cc1nc(S(=O)(=O)NCCC(=O)NC2CCNC2)cn1C.Cl. The van der Waals surface area contributed by atoms with Gasteiger partial charge in [-0.3, -0.25) is 4.79 Å². The first-order valence-electron chi connectivity index (χ1n) is 6.88. The molecule has 1 aromatic rings. The van der Waals surface area contributed by atoms with Gasteiger partial charge in [-0.2, -0.15) is 0 Å². The molecule has 0 spiro atoms. The Balaban J connectivity index is 0.00000242. The zero-order valence-corrected chi connectivity index (χ0v) is 14.3. The van der Waals surface area contributed by atoms with Crippen LogP contribution in [0.15, 0.2) is 11.2 Å². The first-order chi connectivity index (χ1) is 9.88. The summed E-state index contributed by atoms with van der Waals surface area (Å²) >= 11 is 0. The fraction of sp³-hybridized carbons (Fsp3) is 0.667. The van der Waals surface area contributed by atoms with Gasteiger partial charge in [-0.15, -0.1) is 12.4 Å². The lowest BCUT2D eigenvalue weighted by Gasteiger charge is -2.11. The molecule has 1 aromatic heterocycles. The second kappa shape index (κ2) is 7.91. The van der Waals surface area contributed by atoms with Gasteiger partial charge in [0, 0.05) is 38.8 Å². The number of sulfonamides is 1. The standard InChI is InChI=1S/C12H21N5O3S.ClH/c1-9-15-12(8-17(9)2)21(19,20)14-6-4-11(18)16-10-3-5-13-7-10;/h8,10,13-14H,3-7H2,1-2H3,(H,16,18);1H. The number of imidazole rings is 1. The van der Waals surface area contributed by atoms with E-state index in [0.717, 1.165) is 19.5 Å². The summed E-state index contributed by atoms with van der Waals surface area (Å²) in [5.41, 5.74) is 0. The van der Waals surface area contributed by atoms with Crippen LogP contribution in [0, 0.1) is 6.92 Å². The van der Waals surface area contributed by atoms with Gasteiger partial charge in [-0.25, -0.2) is 18.1 Å². The highest BCUT2D eigenvalue weighted by atomic mass is 35.5. The maximum Gasteiger partial charge on any atom is 0.259 e. The molecule has 0 aliphatic carbocycles. The second-order valence-corrected chi connectivity index (χ2v) is 6.86. The number of nitrogens with one attached hydrogen (secondary N) is 3. The van der Waals surface area contributed by atoms with Crippen LogP contribution in [0.1, 0.15) is 18.7 Å². The number of hydrogen-bond acceptors (Lipinski definition) is 5. The molecule has 1 fully saturated rings. The lowest BCUT2D eigenvalue weighted by molar-refractivity contribution is -0.121. The van der Waals surface area contributed by atoms with E-state index in [0.29, 0.717) is 5.82 Å². The number of aromatic nitrogens is 2. The molecule has 3 N–H and O–H groups in total. The van der Waals surface area contributed by atoms with Gasteiger partial charge < -0.3 is 15.2 Å². The van der Waals surface area contributed by atoms with Crippen LogP contribution < -0.4 is 15.4 Å². The van der Waals surface area contributed by atoms with Gasteiger partial charge in [0.05, 0.1) is 0 Å². The number of amides is 1. The van der Waals surface area contributed by atoms with Crippen molar-refractivity contribution in [1.29, 1.82) is 0 Å². The number of aryl methyl sites for hydroxylation is 2. The van der Waals surface area contributed by atoms with Crippen LogP contribution in [0.4, 0.5) is 0 Å². The molecule has 1 saturated heterocycles. The minimum absolute atomic E-state index is 0. The smallest absolute Gasteiger partial charge is 0.259 e. The van der Waals surface area contributed by atoms with Gasteiger partial charge in [0.1, 0.15) is 5.82 Å². The Bertz CT molecular complexity index is 591. The van der Waals surface area contributed by atoms with E-state index in [-0.39, 0.29) is 42.3 Å². The molecular formula is C12H22ClN5O3S. The van der Waals surface area contributed by atoms with Crippen molar-refractivity contribution in [3.05, 3.63) is 12.0 Å². The van der Waals surface area contributed by atoms with Crippen LogP contribution in [-0.4, -0.2) is 49.6 Å². The quantitative estimate of drug-likeness (QED) is 0.628. The molecule has 0 bridgehead atoms. The van der Waals surface area contributed by atoms with Crippen LogP contribution in [0.2, 0.25) is 0 Å². The Morgan fingerprint density at radius 2 is 2.27 bits per heavy atom. The number of halogens is 1. The molecule has 2 rings (SSSR count). The summed E-state index contributed by atoms with van der Waals surface area (Å²) in [4.78, 5) is 15.7. The summed E-state index contributed by atoms with van der Waals surface area (Å²) in [6, 6.07) is 0.146. The molecule has 8 nitrogen and oxygen atoms in total. The Labute approximate surface area is 136 Å². The molecule has 1 atom stereocenters. The van der Waals surface area contributed by atoms with Crippen LogP contribution >= 0.6 is 12.4 Å². The third kappa shape index (κ3) is 4.94. The third-order valence-electron chi connectivity index (χ3n) is 3.43. The summed E-state index contributed by atoms with van der Waals surface area (Å²) in [5.74, 6) is 0.463. The van der Waals surface area contributed by atoms with E-state index in [9.17, 15) is 13.2 Å². The van der Waals surface area contributed by atoms with Crippen molar-refractivity contribution >= 4 is 28.3 Å². The van der Waals surface area contributed by atoms with E-state index in [1.807, 2.05) is 0 Å². The monoisotopic (exact) mass is 351 g/mol. The Hall–Kier alpha value is -1.16. The molecule has 22 heavy (non-hydrogen) atoms. The molecule has 2 heterocycles. The van der Waals surface area contributed by atoms with Crippen molar-refractivity contribution < 1.29 is 13.2 Å². The summed E-state index contributed by atoms with van der Waals surface area (Å²) in [7, 11) is -1.93. The van der Waals surface area contributed by atoms with Crippen molar-refractivity contribution in [3.63, 3.8) is 0 Å². The maximum absolute atomic E-state index is 12.0. The third-order valence-corrected chi connectivity index (χ3v) is 4.76. The van der Waals surface area contributed by atoms with Crippen LogP contribution in [0.5, 0.6) is 0 Å². The minimum atomic E-state index is -3.66. The van der Waals surface area contributed by atoms with E-state index >= 15 is 0 Å². The molecule has 126 valence electrons. The summed E-state index contributed by atoms with van der Waals surface area (Å²) in [6.07, 6.45) is 2.47. The Morgan fingerprint density at radius 1 is 1.55 bits per heavy atom. The molecule has 1 aliphatic heterocycles. The van der Waals surface area contributed by atoms with E-state index < -0.39 is 10.0 Å². The average molecular weight is 352 g/mol. The summed E-state index contributed by atoms with van der Waals surface area (Å²) in [5, 5.41) is 5.99. The van der Waals surface area contributed by atoms with Gasteiger partial charge in [-0.1, -0.05) is 0 Å². The predicted octanol–water partition coefficient (Wildman–Crippen LogP) is -0.703. The Kier molecular flexibility index (Phi) is 6.79. The zero-order valence-electron chi connectivity index (χ0n) is 12.6. The number of hydrogen-bond donors (Lipinski definition) is 3. The van der Waals surface area contributed by atoms with E-state index in [1.54, 1.807) is 18.5 Å². The first kappa shape index (κ1) is 18.9. The van der Waals surface area contributed by atoms with Crippen molar-refractivity contribution in [2.45, 2.75) is 30.8 Å². The van der Waals surface area contributed by atoms with Gasteiger partial charge in [0.25, 0.3) is 10.0 Å². The molecule has 1 aliphatic rings. The maximum atomic E-state index is 12.0. The van der Waals surface area contributed by atoms with Gasteiger partial charge >= 0.3 is 0 Å². The minimum Gasteiger partial charge on any atom is -0.352 e. The predicted molar refractivity (Wildman–Crippen MR) is 84.4 cm³/mol. The number of nitrogens with zero attached hydrogens (tertiary/aromatic N) is 2. The normalized spacial score (nSPS) is 18.0. The molecule has 1 amide bonds. The lowest BCUT2D eigenvalue weighted by atomic mass is 10.2. The van der Waals surface area contributed by atoms with Crippen molar-refractivity contribution in [3.8, 4) is 0 Å². The van der Waals surface area contributed by atoms with Crippen molar-refractivity contribution in [1.82, 2.24) is 24.9 Å². The van der Waals surface area contributed by atoms with Gasteiger partial charge in [0.15, 0.2) is 5.03 Å². The number of carbonyl (C=O) groups excluding carboxylic acids is 1. The average Bonchev–Trinajstić information content (AvgIpc) is 3.00. The molecule has 10 heteroatoms. The zero-order chi connectivity index (χ0) is 15.5. The fourth-order valence-corrected chi connectivity index (χ4v) is 3.17.